The largest absolute Gasteiger partial charge is 0.326 e. The number of benzene rings is 1. The Morgan fingerprint density at radius 2 is 1.63 bits per heavy atom. The Morgan fingerprint density at radius 1 is 1.11 bits per heavy atom. The maximum Gasteiger partial charge on any atom is 0.228 e. The lowest BCUT2D eigenvalue weighted by atomic mass is 10.1. The first-order valence-corrected chi connectivity index (χ1v) is 6.42. The summed E-state index contributed by atoms with van der Waals surface area (Å²) in [5.74, 6) is -0.223. The Balaban J connectivity index is 2.52. The van der Waals surface area contributed by atoms with Crippen LogP contribution in [0.5, 0.6) is 0 Å². The molecule has 0 fully saturated rings. The van der Waals surface area contributed by atoms with Crippen molar-refractivity contribution in [1.29, 1.82) is 0 Å². The molecule has 0 bridgehead atoms. The van der Waals surface area contributed by atoms with Crippen LogP contribution in [0.1, 0.15) is 20.8 Å². The second-order valence-electron chi connectivity index (χ2n) is 4.46. The number of amides is 2. The molecule has 1 rings (SSSR count). The molecule has 2 amide bonds. The summed E-state index contributed by atoms with van der Waals surface area (Å²) < 4.78 is 0. The Labute approximate surface area is 113 Å². The molecule has 0 saturated carbocycles. The number of hydrogen-bond donors (Lipinski definition) is 3. The zero-order chi connectivity index (χ0) is 14.3. The van der Waals surface area contributed by atoms with Crippen LogP contribution in [0.25, 0.3) is 0 Å². The minimum Gasteiger partial charge on any atom is -0.326 e. The molecule has 0 spiro atoms. The molecule has 1 aromatic rings. The molecule has 19 heavy (non-hydrogen) atoms. The smallest absolute Gasteiger partial charge is 0.228 e. The van der Waals surface area contributed by atoms with Gasteiger partial charge >= 0.3 is 0 Å². The molecular weight excluding hydrogens is 242 g/mol. The van der Waals surface area contributed by atoms with E-state index in [0.29, 0.717) is 12.2 Å². The SMILES string of the molecule is CCNCC(C)C(=O)Nc1ccc(NC(C)=O)cc1. The van der Waals surface area contributed by atoms with Crippen LogP contribution in [0.4, 0.5) is 11.4 Å². The Hall–Kier alpha value is -1.88. The molecule has 1 atom stereocenters. The standard InChI is InChI=1S/C14H21N3O2/c1-4-15-9-10(2)14(19)17-13-7-5-12(6-8-13)16-11(3)18/h5-8,10,15H,4,9H2,1-3H3,(H,16,18)(H,17,19). The molecule has 1 unspecified atom stereocenters. The van der Waals surface area contributed by atoms with Crippen LogP contribution >= 0.6 is 0 Å². The van der Waals surface area contributed by atoms with E-state index in [-0.39, 0.29) is 17.7 Å². The summed E-state index contributed by atoms with van der Waals surface area (Å²) >= 11 is 0. The molecule has 0 aliphatic heterocycles. The summed E-state index contributed by atoms with van der Waals surface area (Å²) in [6, 6.07) is 7.05. The zero-order valence-corrected chi connectivity index (χ0v) is 11.6. The van der Waals surface area contributed by atoms with Crippen molar-refractivity contribution in [2.24, 2.45) is 5.92 Å². The van der Waals surface area contributed by atoms with Gasteiger partial charge in [-0.1, -0.05) is 13.8 Å². The van der Waals surface area contributed by atoms with Crippen LogP contribution in [0.15, 0.2) is 24.3 Å². The predicted molar refractivity (Wildman–Crippen MR) is 77.1 cm³/mol. The topological polar surface area (TPSA) is 70.2 Å². The van der Waals surface area contributed by atoms with Gasteiger partial charge in [-0.3, -0.25) is 9.59 Å². The van der Waals surface area contributed by atoms with Crippen LogP contribution < -0.4 is 16.0 Å². The molecule has 104 valence electrons. The number of carbonyl (C=O) groups is 2. The van der Waals surface area contributed by atoms with Crippen LogP contribution in [0, 0.1) is 5.92 Å². The third kappa shape index (κ3) is 5.52. The highest BCUT2D eigenvalue weighted by Gasteiger charge is 2.12. The number of hydrogen-bond acceptors (Lipinski definition) is 3. The lowest BCUT2D eigenvalue weighted by Gasteiger charge is -2.12. The first kappa shape index (κ1) is 15.2. The summed E-state index contributed by atoms with van der Waals surface area (Å²) in [7, 11) is 0. The van der Waals surface area contributed by atoms with Crippen LogP contribution in [-0.4, -0.2) is 24.9 Å². The van der Waals surface area contributed by atoms with E-state index in [1.165, 1.54) is 6.92 Å². The van der Waals surface area contributed by atoms with Crippen molar-refractivity contribution < 1.29 is 9.59 Å². The van der Waals surface area contributed by atoms with E-state index in [9.17, 15) is 9.59 Å². The van der Waals surface area contributed by atoms with E-state index in [1.807, 2.05) is 13.8 Å². The van der Waals surface area contributed by atoms with Gasteiger partial charge in [-0.05, 0) is 30.8 Å². The van der Waals surface area contributed by atoms with Crippen LogP contribution in [0.2, 0.25) is 0 Å². The normalized spacial score (nSPS) is 11.7. The molecule has 0 saturated heterocycles. The molecule has 3 N–H and O–H groups in total. The average molecular weight is 263 g/mol. The predicted octanol–water partition coefficient (Wildman–Crippen LogP) is 1.83. The van der Waals surface area contributed by atoms with Gasteiger partial charge in [-0.25, -0.2) is 0 Å². The fourth-order valence-electron chi connectivity index (χ4n) is 1.56. The van der Waals surface area contributed by atoms with Gasteiger partial charge in [-0.15, -0.1) is 0 Å². The van der Waals surface area contributed by atoms with Gasteiger partial charge in [-0.2, -0.15) is 0 Å². The average Bonchev–Trinajstić information content (AvgIpc) is 2.37. The Bertz CT molecular complexity index is 429. The minimum absolute atomic E-state index is 0.0202. The van der Waals surface area contributed by atoms with Gasteiger partial charge in [0.1, 0.15) is 0 Å². The highest BCUT2D eigenvalue weighted by molar-refractivity contribution is 5.93. The second-order valence-corrected chi connectivity index (χ2v) is 4.46. The lowest BCUT2D eigenvalue weighted by Crippen LogP contribution is -2.30. The van der Waals surface area contributed by atoms with Crippen molar-refractivity contribution in [1.82, 2.24) is 5.32 Å². The van der Waals surface area contributed by atoms with Gasteiger partial charge in [0.15, 0.2) is 0 Å². The molecule has 0 radical (unpaired) electrons. The van der Waals surface area contributed by atoms with Crippen molar-refractivity contribution in [3.05, 3.63) is 24.3 Å². The zero-order valence-electron chi connectivity index (χ0n) is 11.6. The maximum absolute atomic E-state index is 11.9. The van der Waals surface area contributed by atoms with Crippen molar-refractivity contribution >= 4 is 23.2 Å². The van der Waals surface area contributed by atoms with Gasteiger partial charge in [0.05, 0.1) is 0 Å². The highest BCUT2D eigenvalue weighted by Crippen LogP contribution is 2.14. The number of nitrogens with one attached hydrogen (secondary N) is 3. The Kier molecular flexibility index (Phi) is 6.02. The van der Waals surface area contributed by atoms with E-state index < -0.39 is 0 Å². The monoisotopic (exact) mass is 263 g/mol. The van der Waals surface area contributed by atoms with E-state index in [1.54, 1.807) is 24.3 Å². The van der Waals surface area contributed by atoms with E-state index >= 15 is 0 Å². The quantitative estimate of drug-likeness (QED) is 0.733. The minimum atomic E-state index is -0.115. The molecule has 5 heteroatoms. The van der Waals surface area contributed by atoms with Gasteiger partial charge in [0.25, 0.3) is 0 Å². The summed E-state index contributed by atoms with van der Waals surface area (Å²) in [5, 5.41) is 8.65. The second kappa shape index (κ2) is 7.53. The molecule has 0 aromatic heterocycles. The molecule has 0 aliphatic rings. The van der Waals surface area contributed by atoms with Crippen molar-refractivity contribution in [3.8, 4) is 0 Å². The summed E-state index contributed by atoms with van der Waals surface area (Å²) in [4.78, 5) is 22.7. The number of carbonyl (C=O) groups excluding carboxylic acids is 2. The van der Waals surface area contributed by atoms with E-state index in [4.69, 9.17) is 0 Å². The van der Waals surface area contributed by atoms with Gasteiger partial charge in [0, 0.05) is 30.8 Å². The lowest BCUT2D eigenvalue weighted by molar-refractivity contribution is -0.119. The molecule has 5 nitrogen and oxygen atoms in total. The van der Waals surface area contributed by atoms with Crippen molar-refractivity contribution in [2.75, 3.05) is 23.7 Å². The highest BCUT2D eigenvalue weighted by atomic mass is 16.2. The summed E-state index contributed by atoms with van der Waals surface area (Å²) in [6.45, 7) is 6.85. The third-order valence-corrected chi connectivity index (χ3v) is 2.62. The van der Waals surface area contributed by atoms with E-state index in [0.717, 1.165) is 12.2 Å². The number of anilines is 2. The van der Waals surface area contributed by atoms with Crippen molar-refractivity contribution in [3.63, 3.8) is 0 Å². The fraction of sp³-hybridized carbons (Fsp3) is 0.429. The fourth-order valence-corrected chi connectivity index (χ4v) is 1.56. The third-order valence-electron chi connectivity index (χ3n) is 2.62. The first-order valence-electron chi connectivity index (χ1n) is 6.42. The van der Waals surface area contributed by atoms with E-state index in [2.05, 4.69) is 16.0 Å². The van der Waals surface area contributed by atoms with Crippen molar-refractivity contribution in [2.45, 2.75) is 20.8 Å². The molecule has 0 aliphatic carbocycles. The number of rotatable bonds is 6. The van der Waals surface area contributed by atoms with Gasteiger partial charge < -0.3 is 16.0 Å². The molecular formula is C14H21N3O2. The first-order chi connectivity index (χ1) is 9.02. The Morgan fingerprint density at radius 3 is 2.11 bits per heavy atom. The van der Waals surface area contributed by atoms with Crippen LogP contribution in [-0.2, 0) is 9.59 Å². The maximum atomic E-state index is 11.9. The van der Waals surface area contributed by atoms with Crippen LogP contribution in [0.3, 0.4) is 0 Å². The summed E-state index contributed by atoms with van der Waals surface area (Å²) in [6.07, 6.45) is 0. The molecule has 1 aromatic carbocycles. The van der Waals surface area contributed by atoms with Gasteiger partial charge in [0.2, 0.25) is 11.8 Å². The summed E-state index contributed by atoms with van der Waals surface area (Å²) in [5.41, 5.74) is 1.44. The molecule has 0 heterocycles.